The number of hydrogen-bond donors (Lipinski definition) is 1. The maximum absolute atomic E-state index is 13.6. The lowest BCUT2D eigenvalue weighted by molar-refractivity contribution is 0.0186. The summed E-state index contributed by atoms with van der Waals surface area (Å²) in [6, 6.07) is 10.8. The Kier molecular flexibility index (Phi) is 7.61. The van der Waals surface area contributed by atoms with Crippen molar-refractivity contribution in [2.75, 3.05) is 46.0 Å². The molecule has 1 N–H and O–H groups in total. The van der Waals surface area contributed by atoms with Gasteiger partial charge in [0.05, 0.1) is 25.4 Å². The SMILES string of the molecule is C=CC(C)(CO)N(CCN1CCOCC1)Cc1cccn1Cc1cccc(F)c1. The monoisotopic (exact) mass is 401 g/mol. The number of ether oxygens (including phenoxy) is 1. The zero-order valence-electron chi connectivity index (χ0n) is 17.3. The Morgan fingerprint density at radius 1 is 1.28 bits per heavy atom. The van der Waals surface area contributed by atoms with Crippen LogP contribution in [0.1, 0.15) is 18.2 Å². The van der Waals surface area contributed by atoms with E-state index in [2.05, 4.69) is 27.0 Å². The fraction of sp³-hybridized carbons (Fsp3) is 0.478. The van der Waals surface area contributed by atoms with Crippen LogP contribution < -0.4 is 0 Å². The number of morpholine rings is 1. The van der Waals surface area contributed by atoms with Crippen LogP contribution in [0.15, 0.2) is 55.3 Å². The van der Waals surface area contributed by atoms with Crippen molar-refractivity contribution in [3.05, 3.63) is 72.3 Å². The lowest BCUT2D eigenvalue weighted by Crippen LogP contribution is -2.51. The Hall–Kier alpha value is -1.99. The first-order chi connectivity index (χ1) is 14.0. The lowest BCUT2D eigenvalue weighted by Gasteiger charge is -2.39. The molecular formula is C23H32FN3O2. The number of aromatic nitrogens is 1. The van der Waals surface area contributed by atoms with E-state index in [-0.39, 0.29) is 12.4 Å². The summed E-state index contributed by atoms with van der Waals surface area (Å²) in [6.45, 7) is 12.4. The van der Waals surface area contributed by atoms with Gasteiger partial charge in [-0.1, -0.05) is 18.2 Å². The highest BCUT2D eigenvalue weighted by Crippen LogP contribution is 2.21. The molecule has 1 saturated heterocycles. The minimum absolute atomic E-state index is 0.00418. The molecule has 1 aliphatic rings. The average molecular weight is 402 g/mol. The highest BCUT2D eigenvalue weighted by atomic mass is 19.1. The van der Waals surface area contributed by atoms with Crippen molar-refractivity contribution < 1.29 is 14.2 Å². The predicted octanol–water partition coefficient (Wildman–Crippen LogP) is 2.75. The van der Waals surface area contributed by atoms with E-state index in [0.717, 1.165) is 50.7 Å². The maximum atomic E-state index is 13.6. The van der Waals surface area contributed by atoms with Gasteiger partial charge in [-0.2, -0.15) is 0 Å². The van der Waals surface area contributed by atoms with E-state index in [1.165, 1.54) is 6.07 Å². The van der Waals surface area contributed by atoms with Crippen LogP contribution in [0.25, 0.3) is 0 Å². The Morgan fingerprint density at radius 2 is 2.07 bits per heavy atom. The van der Waals surface area contributed by atoms with Crippen LogP contribution in [0.2, 0.25) is 0 Å². The maximum Gasteiger partial charge on any atom is 0.123 e. The van der Waals surface area contributed by atoms with E-state index in [4.69, 9.17) is 4.74 Å². The number of aliphatic hydroxyl groups is 1. The van der Waals surface area contributed by atoms with Gasteiger partial charge in [0.2, 0.25) is 0 Å². The van der Waals surface area contributed by atoms with Crippen LogP contribution >= 0.6 is 0 Å². The largest absolute Gasteiger partial charge is 0.394 e. The molecule has 1 aromatic heterocycles. The molecule has 158 valence electrons. The molecule has 29 heavy (non-hydrogen) atoms. The summed E-state index contributed by atoms with van der Waals surface area (Å²) in [5.74, 6) is -0.220. The van der Waals surface area contributed by atoms with E-state index < -0.39 is 5.54 Å². The Balaban J connectivity index is 1.73. The van der Waals surface area contributed by atoms with Crippen molar-refractivity contribution in [3.8, 4) is 0 Å². The number of halogens is 1. The Labute approximate surface area is 173 Å². The number of rotatable bonds is 10. The van der Waals surface area contributed by atoms with Crippen molar-refractivity contribution in [1.82, 2.24) is 14.4 Å². The van der Waals surface area contributed by atoms with E-state index in [1.54, 1.807) is 12.1 Å². The second-order valence-corrected chi connectivity index (χ2v) is 7.85. The third-order valence-electron chi connectivity index (χ3n) is 5.79. The molecule has 2 heterocycles. The van der Waals surface area contributed by atoms with Crippen LogP contribution in [0.4, 0.5) is 4.39 Å². The molecule has 2 aromatic rings. The van der Waals surface area contributed by atoms with Crippen molar-refractivity contribution in [3.63, 3.8) is 0 Å². The average Bonchev–Trinajstić information content (AvgIpc) is 3.17. The quantitative estimate of drug-likeness (QED) is 0.622. The molecule has 1 aliphatic heterocycles. The van der Waals surface area contributed by atoms with Crippen molar-refractivity contribution in [2.45, 2.75) is 25.6 Å². The molecular weight excluding hydrogens is 369 g/mol. The molecule has 1 unspecified atom stereocenters. The van der Waals surface area contributed by atoms with Gasteiger partial charge in [0.1, 0.15) is 5.82 Å². The molecule has 0 amide bonds. The fourth-order valence-corrected chi connectivity index (χ4v) is 3.67. The zero-order valence-corrected chi connectivity index (χ0v) is 17.3. The summed E-state index contributed by atoms with van der Waals surface area (Å²) < 4.78 is 21.1. The van der Waals surface area contributed by atoms with Crippen molar-refractivity contribution in [2.24, 2.45) is 0 Å². The standard InChI is InChI=1S/C23H32FN3O2/c1-3-23(2,19-28)27(11-10-25-12-14-29-15-13-25)18-22-8-5-9-26(22)17-20-6-4-7-21(24)16-20/h3-9,16,28H,1,10-15,17-19H2,2H3. The van der Waals surface area contributed by atoms with Crippen LogP contribution in [-0.2, 0) is 17.8 Å². The molecule has 5 nitrogen and oxygen atoms in total. The molecule has 0 aliphatic carbocycles. The first-order valence-corrected chi connectivity index (χ1v) is 10.2. The highest BCUT2D eigenvalue weighted by Gasteiger charge is 2.29. The molecule has 3 rings (SSSR count). The number of aliphatic hydroxyl groups excluding tert-OH is 1. The number of benzene rings is 1. The number of nitrogens with zero attached hydrogens (tertiary/aromatic N) is 3. The molecule has 1 fully saturated rings. The summed E-state index contributed by atoms with van der Waals surface area (Å²) in [5.41, 5.74) is 1.54. The van der Waals surface area contributed by atoms with Gasteiger partial charge >= 0.3 is 0 Å². The van der Waals surface area contributed by atoms with Gasteiger partial charge in [-0.25, -0.2) is 4.39 Å². The van der Waals surface area contributed by atoms with Gasteiger partial charge < -0.3 is 14.4 Å². The summed E-state index contributed by atoms with van der Waals surface area (Å²) in [5, 5.41) is 10.1. The van der Waals surface area contributed by atoms with E-state index in [1.807, 2.05) is 31.3 Å². The Morgan fingerprint density at radius 3 is 2.76 bits per heavy atom. The second-order valence-electron chi connectivity index (χ2n) is 7.85. The summed E-state index contributed by atoms with van der Waals surface area (Å²) in [7, 11) is 0. The Bertz CT molecular complexity index is 788. The van der Waals surface area contributed by atoms with Crippen LogP contribution in [0.3, 0.4) is 0 Å². The first kappa shape index (κ1) is 21.7. The van der Waals surface area contributed by atoms with Gasteiger partial charge in [-0.3, -0.25) is 9.80 Å². The van der Waals surface area contributed by atoms with E-state index in [0.29, 0.717) is 13.1 Å². The second kappa shape index (κ2) is 10.2. The molecule has 6 heteroatoms. The van der Waals surface area contributed by atoms with E-state index in [9.17, 15) is 9.50 Å². The van der Waals surface area contributed by atoms with Gasteiger partial charge in [0, 0.05) is 51.2 Å². The van der Waals surface area contributed by atoms with Crippen molar-refractivity contribution in [1.29, 1.82) is 0 Å². The van der Waals surface area contributed by atoms with Gasteiger partial charge in [0.25, 0.3) is 0 Å². The van der Waals surface area contributed by atoms with Gasteiger partial charge in [0.15, 0.2) is 0 Å². The van der Waals surface area contributed by atoms with E-state index >= 15 is 0 Å². The minimum atomic E-state index is -0.514. The lowest BCUT2D eigenvalue weighted by atomic mass is 10.0. The highest BCUT2D eigenvalue weighted by molar-refractivity contribution is 5.19. The molecule has 0 saturated carbocycles. The molecule has 0 spiro atoms. The third-order valence-corrected chi connectivity index (χ3v) is 5.79. The first-order valence-electron chi connectivity index (χ1n) is 10.2. The zero-order chi connectivity index (χ0) is 20.7. The summed E-state index contributed by atoms with van der Waals surface area (Å²) in [6.07, 6.45) is 3.84. The van der Waals surface area contributed by atoms with Crippen molar-refractivity contribution >= 4 is 0 Å². The predicted molar refractivity (Wildman–Crippen MR) is 113 cm³/mol. The number of hydrogen-bond acceptors (Lipinski definition) is 4. The molecule has 0 bridgehead atoms. The van der Waals surface area contributed by atoms with Crippen LogP contribution in [-0.4, -0.2) is 71.0 Å². The molecule has 1 atom stereocenters. The summed E-state index contributed by atoms with van der Waals surface area (Å²) in [4.78, 5) is 4.66. The van der Waals surface area contributed by atoms with Gasteiger partial charge in [-0.05, 0) is 36.8 Å². The fourth-order valence-electron chi connectivity index (χ4n) is 3.67. The molecule has 0 radical (unpaired) electrons. The van der Waals surface area contributed by atoms with Crippen LogP contribution in [0, 0.1) is 5.82 Å². The minimum Gasteiger partial charge on any atom is -0.394 e. The third kappa shape index (κ3) is 5.76. The topological polar surface area (TPSA) is 40.9 Å². The smallest absolute Gasteiger partial charge is 0.123 e. The van der Waals surface area contributed by atoms with Gasteiger partial charge in [-0.15, -0.1) is 6.58 Å². The van der Waals surface area contributed by atoms with Crippen LogP contribution in [0.5, 0.6) is 0 Å². The molecule has 1 aromatic carbocycles. The normalized spacial score (nSPS) is 17.4. The summed E-state index contributed by atoms with van der Waals surface area (Å²) >= 11 is 0.